The molecule has 0 fully saturated rings. The third-order valence-electron chi connectivity index (χ3n) is 2.59. The first-order chi connectivity index (χ1) is 8.85. The lowest BCUT2D eigenvalue weighted by molar-refractivity contribution is 0.606. The van der Waals surface area contributed by atoms with Crippen LogP contribution in [-0.4, -0.2) is 26.3 Å². The molecule has 2 aromatic rings. The summed E-state index contributed by atoms with van der Waals surface area (Å²) in [7, 11) is 0. The monoisotopic (exact) mass is 245 g/mol. The van der Waals surface area contributed by atoms with Crippen LogP contribution in [0.25, 0.3) is 11.5 Å². The van der Waals surface area contributed by atoms with Crippen LogP contribution < -0.4 is 5.32 Å². The smallest absolute Gasteiger partial charge is 0.179 e. The molecule has 96 valence electrons. The van der Waals surface area contributed by atoms with E-state index in [1.54, 1.807) is 12.4 Å². The molecule has 0 amide bonds. The summed E-state index contributed by atoms with van der Waals surface area (Å²) in [6, 6.07) is 3.84. The first-order valence-corrected chi connectivity index (χ1v) is 6.44. The highest BCUT2D eigenvalue weighted by atomic mass is 15.3. The predicted molar refractivity (Wildman–Crippen MR) is 72.3 cm³/mol. The molecular formula is C13H19N5. The molecule has 2 heterocycles. The molecule has 0 bridgehead atoms. The zero-order valence-corrected chi connectivity index (χ0v) is 10.9. The van der Waals surface area contributed by atoms with Gasteiger partial charge in [0.15, 0.2) is 5.82 Å². The van der Waals surface area contributed by atoms with Gasteiger partial charge in [-0.15, -0.1) is 0 Å². The van der Waals surface area contributed by atoms with Crippen molar-refractivity contribution in [2.45, 2.75) is 33.2 Å². The van der Waals surface area contributed by atoms with Crippen LogP contribution in [0.15, 0.2) is 24.5 Å². The quantitative estimate of drug-likeness (QED) is 0.849. The lowest BCUT2D eigenvalue weighted by Gasteiger charge is -2.07. The van der Waals surface area contributed by atoms with Gasteiger partial charge in [0.05, 0.1) is 0 Å². The molecule has 0 aliphatic carbocycles. The molecule has 0 atom stereocenters. The van der Waals surface area contributed by atoms with E-state index >= 15 is 0 Å². The highest BCUT2D eigenvalue weighted by molar-refractivity contribution is 5.52. The summed E-state index contributed by atoms with van der Waals surface area (Å²) in [6.45, 7) is 6.07. The summed E-state index contributed by atoms with van der Waals surface area (Å²) in [5.41, 5.74) is 0.969. The maximum absolute atomic E-state index is 4.51. The molecular weight excluding hydrogens is 226 g/mol. The average molecular weight is 245 g/mol. The van der Waals surface area contributed by atoms with Gasteiger partial charge in [-0.3, -0.25) is 4.68 Å². The second kappa shape index (κ2) is 6.14. The molecule has 0 unspecified atom stereocenters. The van der Waals surface area contributed by atoms with E-state index in [0.29, 0.717) is 0 Å². The normalized spacial score (nSPS) is 10.6. The van der Waals surface area contributed by atoms with E-state index in [4.69, 9.17) is 0 Å². The minimum absolute atomic E-state index is 0.724. The van der Waals surface area contributed by atoms with Crippen LogP contribution in [0.3, 0.4) is 0 Å². The van der Waals surface area contributed by atoms with Crippen LogP contribution >= 0.6 is 0 Å². The number of anilines is 1. The number of hydrogen-bond donors (Lipinski definition) is 1. The minimum Gasteiger partial charge on any atom is -0.370 e. The first kappa shape index (κ1) is 12.5. The highest BCUT2D eigenvalue weighted by Gasteiger charge is 2.08. The van der Waals surface area contributed by atoms with Gasteiger partial charge in [-0.25, -0.2) is 9.97 Å². The molecule has 2 rings (SSSR count). The molecule has 1 N–H and O–H groups in total. The third kappa shape index (κ3) is 2.85. The molecule has 2 aromatic heterocycles. The molecule has 0 radical (unpaired) electrons. The summed E-state index contributed by atoms with van der Waals surface area (Å²) in [4.78, 5) is 8.83. The fraction of sp³-hybridized carbons (Fsp3) is 0.462. The SMILES string of the molecule is CCCNc1ccnc(-c2ccnn2CCC)n1. The van der Waals surface area contributed by atoms with Gasteiger partial charge in [-0.1, -0.05) is 13.8 Å². The molecule has 0 aliphatic heterocycles. The summed E-state index contributed by atoms with van der Waals surface area (Å²) in [5.74, 6) is 1.59. The Bertz CT molecular complexity index is 492. The van der Waals surface area contributed by atoms with E-state index in [2.05, 4.69) is 34.2 Å². The van der Waals surface area contributed by atoms with Crippen molar-refractivity contribution in [2.24, 2.45) is 0 Å². The minimum atomic E-state index is 0.724. The van der Waals surface area contributed by atoms with Gasteiger partial charge in [-0.05, 0) is 25.0 Å². The highest BCUT2D eigenvalue weighted by Crippen LogP contribution is 2.16. The summed E-state index contributed by atoms with van der Waals surface area (Å²) < 4.78 is 1.94. The van der Waals surface area contributed by atoms with Crippen molar-refractivity contribution in [1.82, 2.24) is 19.7 Å². The number of hydrogen-bond acceptors (Lipinski definition) is 4. The van der Waals surface area contributed by atoms with E-state index in [9.17, 15) is 0 Å². The first-order valence-electron chi connectivity index (χ1n) is 6.44. The van der Waals surface area contributed by atoms with E-state index in [1.807, 2.05) is 16.8 Å². The maximum Gasteiger partial charge on any atom is 0.179 e. The van der Waals surface area contributed by atoms with E-state index in [-0.39, 0.29) is 0 Å². The zero-order valence-electron chi connectivity index (χ0n) is 10.9. The van der Waals surface area contributed by atoms with Crippen molar-refractivity contribution < 1.29 is 0 Å². The molecule has 5 heteroatoms. The Hall–Kier alpha value is -1.91. The van der Waals surface area contributed by atoms with Crippen LogP contribution in [0, 0.1) is 0 Å². The second-order valence-electron chi connectivity index (χ2n) is 4.13. The lowest BCUT2D eigenvalue weighted by Crippen LogP contribution is -2.06. The number of nitrogens with one attached hydrogen (secondary N) is 1. The second-order valence-corrected chi connectivity index (χ2v) is 4.13. The third-order valence-corrected chi connectivity index (χ3v) is 2.59. The maximum atomic E-state index is 4.51. The zero-order chi connectivity index (χ0) is 12.8. The molecule has 0 saturated heterocycles. The van der Waals surface area contributed by atoms with Gasteiger partial charge < -0.3 is 5.32 Å². The molecule has 5 nitrogen and oxygen atoms in total. The Morgan fingerprint density at radius 3 is 2.83 bits per heavy atom. The van der Waals surface area contributed by atoms with Gasteiger partial charge in [0.2, 0.25) is 0 Å². The van der Waals surface area contributed by atoms with Crippen molar-refractivity contribution in [3.63, 3.8) is 0 Å². The number of nitrogens with zero attached hydrogens (tertiary/aromatic N) is 4. The van der Waals surface area contributed by atoms with Crippen molar-refractivity contribution in [1.29, 1.82) is 0 Å². The Morgan fingerprint density at radius 1 is 1.17 bits per heavy atom. The van der Waals surface area contributed by atoms with Gasteiger partial charge in [0.25, 0.3) is 0 Å². The summed E-state index contributed by atoms with van der Waals surface area (Å²) >= 11 is 0. The van der Waals surface area contributed by atoms with Gasteiger partial charge >= 0.3 is 0 Å². The standard InChI is InChI=1S/C13H19N5/c1-3-7-14-12-6-8-15-13(17-12)11-5-9-16-18(11)10-4-2/h5-6,8-9H,3-4,7,10H2,1-2H3,(H,14,15,17). The fourth-order valence-electron chi connectivity index (χ4n) is 1.75. The molecule has 0 aromatic carbocycles. The molecule has 0 spiro atoms. The van der Waals surface area contributed by atoms with Gasteiger partial charge in [-0.2, -0.15) is 5.10 Å². The van der Waals surface area contributed by atoms with Gasteiger partial charge in [0, 0.05) is 25.5 Å². The molecule has 0 saturated carbocycles. The topological polar surface area (TPSA) is 55.6 Å². The Morgan fingerprint density at radius 2 is 2.06 bits per heavy atom. The molecule has 18 heavy (non-hydrogen) atoms. The predicted octanol–water partition coefficient (Wildman–Crippen LogP) is 2.57. The van der Waals surface area contributed by atoms with Crippen LogP contribution in [-0.2, 0) is 6.54 Å². The lowest BCUT2D eigenvalue weighted by atomic mass is 10.3. The van der Waals surface area contributed by atoms with E-state index in [0.717, 1.165) is 43.3 Å². The Balaban J connectivity index is 2.24. The van der Waals surface area contributed by atoms with Crippen LogP contribution in [0.4, 0.5) is 5.82 Å². The fourth-order valence-corrected chi connectivity index (χ4v) is 1.75. The van der Waals surface area contributed by atoms with E-state index in [1.165, 1.54) is 0 Å². The Labute approximate surface area is 107 Å². The number of rotatable bonds is 6. The van der Waals surface area contributed by atoms with Crippen molar-refractivity contribution >= 4 is 5.82 Å². The van der Waals surface area contributed by atoms with Crippen LogP contribution in [0.2, 0.25) is 0 Å². The average Bonchev–Trinajstić information content (AvgIpc) is 2.85. The van der Waals surface area contributed by atoms with Crippen LogP contribution in [0.1, 0.15) is 26.7 Å². The van der Waals surface area contributed by atoms with E-state index < -0.39 is 0 Å². The van der Waals surface area contributed by atoms with Gasteiger partial charge in [0.1, 0.15) is 11.5 Å². The molecule has 0 aliphatic rings. The number of aromatic nitrogens is 4. The summed E-state index contributed by atoms with van der Waals surface area (Å²) in [6.07, 6.45) is 5.69. The van der Waals surface area contributed by atoms with Crippen molar-refractivity contribution in [2.75, 3.05) is 11.9 Å². The van der Waals surface area contributed by atoms with Crippen LogP contribution in [0.5, 0.6) is 0 Å². The van der Waals surface area contributed by atoms with Crippen molar-refractivity contribution in [3.05, 3.63) is 24.5 Å². The Kier molecular flexibility index (Phi) is 4.28. The summed E-state index contributed by atoms with van der Waals surface area (Å²) in [5, 5.41) is 7.56. The number of aryl methyl sites for hydroxylation is 1. The largest absolute Gasteiger partial charge is 0.370 e. The van der Waals surface area contributed by atoms with Crippen molar-refractivity contribution in [3.8, 4) is 11.5 Å².